The maximum Gasteiger partial charge on any atom is 0.418 e. The Balaban J connectivity index is 2.21. The molecule has 2 N–H and O–H groups in total. The number of aliphatic hydroxyl groups excluding tert-OH is 1. The summed E-state index contributed by atoms with van der Waals surface area (Å²) in [7, 11) is 0. The highest BCUT2D eigenvalue weighted by Crippen LogP contribution is 2.33. The number of carboxylic acids is 1. The number of aliphatic hydroxyl groups is 1. The first-order valence-electron chi connectivity index (χ1n) is 6.88. The Morgan fingerprint density at radius 1 is 0.913 bits per heavy atom. The van der Waals surface area contributed by atoms with Crippen molar-refractivity contribution in [1.29, 1.82) is 0 Å². The van der Waals surface area contributed by atoms with E-state index in [2.05, 4.69) is 0 Å². The Morgan fingerprint density at radius 2 is 1.30 bits per heavy atom. The molecule has 0 fully saturated rings. The number of rotatable bonds is 4. The maximum absolute atomic E-state index is 12.4. The Kier molecular flexibility index (Phi) is 4.75. The molecule has 0 aromatic heterocycles. The third-order valence-corrected chi connectivity index (χ3v) is 3.65. The lowest BCUT2D eigenvalue weighted by Gasteiger charge is -2.15. The lowest BCUT2D eigenvalue weighted by molar-refractivity contribution is -0.206. The fourth-order valence-electron chi connectivity index (χ4n) is 2.15. The third kappa shape index (κ3) is 3.90. The van der Waals surface area contributed by atoms with E-state index in [9.17, 15) is 23.1 Å². The number of hydrogen-bond acceptors (Lipinski definition) is 2. The third-order valence-electron chi connectivity index (χ3n) is 3.65. The van der Waals surface area contributed by atoms with Crippen LogP contribution in [0.4, 0.5) is 13.2 Å². The van der Waals surface area contributed by atoms with Crippen LogP contribution in [-0.2, 0) is 4.79 Å². The van der Waals surface area contributed by atoms with Gasteiger partial charge in [-0.3, -0.25) is 4.79 Å². The predicted octanol–water partition coefficient (Wildman–Crippen LogP) is 4.14. The van der Waals surface area contributed by atoms with Gasteiger partial charge in [0.05, 0.1) is 5.92 Å². The fourth-order valence-corrected chi connectivity index (χ4v) is 2.15. The molecule has 2 aromatic carbocycles. The summed E-state index contributed by atoms with van der Waals surface area (Å²) in [6.45, 7) is 1.57. The monoisotopic (exact) mass is 324 g/mol. The van der Waals surface area contributed by atoms with Crippen LogP contribution < -0.4 is 0 Å². The molecule has 0 heterocycles. The zero-order chi connectivity index (χ0) is 17.2. The molecule has 0 saturated carbocycles. The number of carbonyl (C=O) groups is 1. The van der Waals surface area contributed by atoms with Gasteiger partial charge < -0.3 is 10.2 Å². The van der Waals surface area contributed by atoms with Gasteiger partial charge in [0.2, 0.25) is 0 Å². The smallest absolute Gasteiger partial charge is 0.418 e. The van der Waals surface area contributed by atoms with E-state index in [1.165, 1.54) is 24.3 Å². The minimum atomic E-state index is -4.70. The molecular weight excluding hydrogens is 309 g/mol. The molecule has 0 bridgehead atoms. The van der Waals surface area contributed by atoms with Crippen LogP contribution in [0.1, 0.15) is 30.1 Å². The van der Waals surface area contributed by atoms with Gasteiger partial charge in [0, 0.05) is 0 Å². The first-order chi connectivity index (χ1) is 10.7. The second-order valence-corrected chi connectivity index (χ2v) is 5.25. The Morgan fingerprint density at radius 3 is 1.65 bits per heavy atom. The van der Waals surface area contributed by atoms with Crippen molar-refractivity contribution in [3.05, 3.63) is 59.7 Å². The molecule has 0 aliphatic rings. The molecule has 0 aliphatic heterocycles. The summed E-state index contributed by atoms with van der Waals surface area (Å²) in [5, 5.41) is 18.1. The molecular formula is C17H15F3O3. The summed E-state index contributed by atoms with van der Waals surface area (Å²) in [6, 6.07) is 12.2. The lowest BCUT2D eigenvalue weighted by Crippen LogP contribution is -2.19. The normalized spacial score (nSPS) is 14.3. The van der Waals surface area contributed by atoms with Crippen molar-refractivity contribution >= 4 is 5.97 Å². The van der Waals surface area contributed by atoms with Crippen LogP contribution in [-0.4, -0.2) is 22.4 Å². The van der Waals surface area contributed by atoms with Crippen LogP contribution in [0, 0.1) is 0 Å². The predicted molar refractivity (Wildman–Crippen MR) is 78.9 cm³/mol. The zero-order valence-electron chi connectivity index (χ0n) is 12.2. The minimum absolute atomic E-state index is 0.225. The molecule has 0 amide bonds. The summed E-state index contributed by atoms with van der Waals surface area (Å²) in [4.78, 5) is 10.9. The molecule has 2 unspecified atom stereocenters. The lowest BCUT2D eigenvalue weighted by atomic mass is 9.97. The Bertz CT molecular complexity index is 676. The molecule has 0 spiro atoms. The van der Waals surface area contributed by atoms with E-state index in [0.29, 0.717) is 11.1 Å². The highest BCUT2D eigenvalue weighted by Gasteiger charge is 2.39. The van der Waals surface area contributed by atoms with Crippen molar-refractivity contribution in [1.82, 2.24) is 0 Å². The number of alkyl halides is 3. The number of halogens is 3. The molecule has 2 atom stereocenters. The van der Waals surface area contributed by atoms with Crippen LogP contribution in [0.3, 0.4) is 0 Å². The van der Waals surface area contributed by atoms with Crippen LogP contribution in [0.15, 0.2) is 48.5 Å². The average Bonchev–Trinajstić information content (AvgIpc) is 2.53. The van der Waals surface area contributed by atoms with Crippen molar-refractivity contribution in [2.24, 2.45) is 0 Å². The van der Waals surface area contributed by atoms with E-state index in [4.69, 9.17) is 5.11 Å². The molecule has 2 aromatic rings. The standard InChI is InChI=1S/C17H15F3O3/c1-10(16(22)23)11-2-4-12(5-3-11)13-6-8-14(9-7-13)15(21)17(18,19)20/h2-10,15,21H,1H3,(H,22,23). The molecule has 3 nitrogen and oxygen atoms in total. The van der Waals surface area contributed by atoms with Gasteiger partial charge in [-0.1, -0.05) is 48.5 Å². The molecule has 2 rings (SSSR count). The van der Waals surface area contributed by atoms with Gasteiger partial charge in [-0.05, 0) is 29.2 Å². The SMILES string of the molecule is CC(C(=O)O)c1ccc(-c2ccc(C(O)C(F)(F)F)cc2)cc1. The van der Waals surface area contributed by atoms with E-state index >= 15 is 0 Å². The van der Waals surface area contributed by atoms with E-state index in [1.54, 1.807) is 31.2 Å². The number of benzene rings is 2. The van der Waals surface area contributed by atoms with Gasteiger partial charge in [-0.2, -0.15) is 13.2 Å². The van der Waals surface area contributed by atoms with Gasteiger partial charge in [-0.25, -0.2) is 0 Å². The molecule has 23 heavy (non-hydrogen) atoms. The highest BCUT2D eigenvalue weighted by atomic mass is 19.4. The van der Waals surface area contributed by atoms with Gasteiger partial charge in [0.15, 0.2) is 6.10 Å². The quantitative estimate of drug-likeness (QED) is 0.889. The van der Waals surface area contributed by atoms with Gasteiger partial charge in [0.1, 0.15) is 0 Å². The number of aliphatic carboxylic acids is 1. The largest absolute Gasteiger partial charge is 0.481 e. The highest BCUT2D eigenvalue weighted by molar-refractivity contribution is 5.76. The summed E-state index contributed by atoms with van der Waals surface area (Å²) < 4.78 is 37.3. The summed E-state index contributed by atoms with van der Waals surface area (Å²) in [5.74, 6) is -1.56. The summed E-state index contributed by atoms with van der Waals surface area (Å²) >= 11 is 0. The van der Waals surface area contributed by atoms with Crippen molar-refractivity contribution in [3.8, 4) is 11.1 Å². The molecule has 0 aliphatic carbocycles. The first-order valence-corrected chi connectivity index (χ1v) is 6.88. The summed E-state index contributed by atoms with van der Waals surface area (Å²) in [6.07, 6.45) is -7.20. The van der Waals surface area contributed by atoms with Crippen molar-refractivity contribution in [3.63, 3.8) is 0 Å². The van der Waals surface area contributed by atoms with Gasteiger partial charge in [0.25, 0.3) is 0 Å². The Labute approximate surface area is 131 Å². The number of carboxylic acid groups (broad SMARTS) is 1. The van der Waals surface area contributed by atoms with Crippen molar-refractivity contribution in [2.45, 2.75) is 25.1 Å². The molecule has 0 saturated heterocycles. The average molecular weight is 324 g/mol. The number of hydrogen-bond donors (Lipinski definition) is 2. The van der Waals surface area contributed by atoms with Crippen LogP contribution in [0.25, 0.3) is 11.1 Å². The second-order valence-electron chi connectivity index (χ2n) is 5.25. The molecule has 122 valence electrons. The van der Waals surface area contributed by atoms with Crippen LogP contribution >= 0.6 is 0 Å². The van der Waals surface area contributed by atoms with E-state index in [0.717, 1.165) is 5.56 Å². The van der Waals surface area contributed by atoms with Gasteiger partial charge >= 0.3 is 12.1 Å². The van der Waals surface area contributed by atoms with Crippen molar-refractivity contribution in [2.75, 3.05) is 0 Å². The van der Waals surface area contributed by atoms with E-state index < -0.39 is 24.2 Å². The molecule has 6 heteroatoms. The summed E-state index contributed by atoms with van der Waals surface area (Å²) in [5.41, 5.74) is 1.85. The van der Waals surface area contributed by atoms with Crippen LogP contribution in [0.5, 0.6) is 0 Å². The van der Waals surface area contributed by atoms with Gasteiger partial charge in [-0.15, -0.1) is 0 Å². The second kappa shape index (κ2) is 6.42. The Hall–Kier alpha value is -2.34. The van der Waals surface area contributed by atoms with E-state index in [-0.39, 0.29) is 5.56 Å². The van der Waals surface area contributed by atoms with E-state index in [1.807, 2.05) is 0 Å². The molecule has 0 radical (unpaired) electrons. The van der Waals surface area contributed by atoms with Crippen molar-refractivity contribution < 1.29 is 28.2 Å². The van der Waals surface area contributed by atoms with Crippen LogP contribution in [0.2, 0.25) is 0 Å². The fraction of sp³-hybridized carbons (Fsp3) is 0.235. The first kappa shape index (κ1) is 17.0. The maximum atomic E-state index is 12.4. The topological polar surface area (TPSA) is 57.5 Å². The zero-order valence-corrected chi connectivity index (χ0v) is 12.2. The minimum Gasteiger partial charge on any atom is -0.481 e.